The number of nitrogens with zero attached hydrogens (tertiary/aromatic N) is 1. The van der Waals surface area contributed by atoms with Crippen LogP contribution in [0.5, 0.6) is 0 Å². The van der Waals surface area contributed by atoms with Crippen LogP contribution in [0.2, 0.25) is 5.02 Å². The number of benzene rings is 1. The van der Waals surface area contributed by atoms with Crippen LogP contribution in [0.15, 0.2) is 57.4 Å². The highest BCUT2D eigenvalue weighted by molar-refractivity contribution is 7.89. The number of oxazole rings is 1. The van der Waals surface area contributed by atoms with Gasteiger partial charge in [-0.15, -0.1) is 11.3 Å². The first kappa shape index (κ1) is 19.6. The first-order valence-electron chi connectivity index (χ1n) is 7.78. The van der Waals surface area contributed by atoms with Crippen molar-refractivity contribution in [3.8, 4) is 10.8 Å². The van der Waals surface area contributed by atoms with Crippen LogP contribution in [-0.2, 0) is 26.2 Å². The van der Waals surface area contributed by atoms with Crippen LogP contribution in [0.1, 0.15) is 12.6 Å². The van der Waals surface area contributed by atoms with E-state index in [4.69, 9.17) is 20.8 Å². The first-order valence-corrected chi connectivity index (χ1v) is 10.5. The molecule has 1 N–H and O–H groups in total. The Morgan fingerprint density at radius 3 is 2.74 bits per heavy atom. The van der Waals surface area contributed by atoms with E-state index in [9.17, 15) is 13.2 Å². The van der Waals surface area contributed by atoms with E-state index in [0.717, 1.165) is 4.88 Å². The van der Waals surface area contributed by atoms with Gasteiger partial charge in [0.05, 0.1) is 9.77 Å². The Morgan fingerprint density at radius 1 is 1.33 bits per heavy atom. The number of halogens is 1. The summed E-state index contributed by atoms with van der Waals surface area (Å²) in [6.45, 7) is 1.27. The minimum Gasteiger partial charge on any atom is -0.458 e. The highest BCUT2D eigenvalue weighted by atomic mass is 35.5. The Kier molecular flexibility index (Phi) is 5.95. The Hall–Kier alpha value is -2.20. The normalized spacial score (nSPS) is 12.7. The molecule has 27 heavy (non-hydrogen) atoms. The van der Waals surface area contributed by atoms with Gasteiger partial charge < -0.3 is 9.15 Å². The van der Waals surface area contributed by atoms with Gasteiger partial charge >= 0.3 is 5.97 Å². The molecule has 0 saturated carbocycles. The van der Waals surface area contributed by atoms with Crippen molar-refractivity contribution in [3.05, 3.63) is 58.8 Å². The first-order chi connectivity index (χ1) is 12.8. The summed E-state index contributed by atoms with van der Waals surface area (Å²) >= 11 is 7.22. The third kappa shape index (κ3) is 4.95. The van der Waals surface area contributed by atoms with E-state index < -0.39 is 22.0 Å². The second kappa shape index (κ2) is 8.22. The van der Waals surface area contributed by atoms with Gasteiger partial charge in [-0.25, -0.2) is 13.4 Å². The number of rotatable bonds is 7. The van der Waals surface area contributed by atoms with Gasteiger partial charge in [0.25, 0.3) is 0 Å². The van der Waals surface area contributed by atoms with Crippen LogP contribution in [0.3, 0.4) is 0 Å². The van der Waals surface area contributed by atoms with Gasteiger partial charge in [0.2, 0.25) is 15.9 Å². The molecule has 10 heteroatoms. The highest BCUT2D eigenvalue weighted by Crippen LogP contribution is 2.23. The smallest absolute Gasteiger partial charge is 0.324 e. The third-order valence-electron chi connectivity index (χ3n) is 3.46. The maximum Gasteiger partial charge on any atom is 0.324 e. The van der Waals surface area contributed by atoms with Crippen LogP contribution in [0, 0.1) is 0 Å². The number of hydrogen-bond donors (Lipinski definition) is 1. The topological polar surface area (TPSA) is 98.5 Å². The van der Waals surface area contributed by atoms with Crippen molar-refractivity contribution in [3.63, 3.8) is 0 Å². The molecule has 7 nitrogen and oxygen atoms in total. The predicted molar refractivity (Wildman–Crippen MR) is 101 cm³/mol. The number of nitrogens with one attached hydrogen (secondary N) is 1. The summed E-state index contributed by atoms with van der Waals surface area (Å²) in [5.74, 6) is -0.291. The Labute approximate surface area is 165 Å². The fraction of sp³-hybridized carbons (Fsp3) is 0.176. The van der Waals surface area contributed by atoms with Crippen molar-refractivity contribution < 1.29 is 22.4 Å². The zero-order valence-electron chi connectivity index (χ0n) is 14.1. The summed E-state index contributed by atoms with van der Waals surface area (Å²) in [7, 11) is -3.87. The zero-order valence-corrected chi connectivity index (χ0v) is 16.5. The minimum atomic E-state index is -3.87. The molecule has 0 spiro atoms. The second-order valence-electron chi connectivity index (χ2n) is 5.53. The van der Waals surface area contributed by atoms with Crippen molar-refractivity contribution in [1.29, 1.82) is 0 Å². The number of carbonyl (C=O) groups is 1. The maximum atomic E-state index is 12.3. The zero-order chi connectivity index (χ0) is 19.4. The lowest BCUT2D eigenvalue weighted by Crippen LogP contribution is -2.39. The molecule has 2 heterocycles. The summed E-state index contributed by atoms with van der Waals surface area (Å²) in [5.41, 5.74) is 0.430. The molecule has 0 aliphatic rings. The van der Waals surface area contributed by atoms with Crippen molar-refractivity contribution in [2.45, 2.75) is 24.5 Å². The SMILES string of the molecule is C[C@H](NS(=O)(=O)c1ccc(Cl)cc1)C(=O)OCc1coc(-c2cccs2)n1. The number of thiophene rings is 1. The summed E-state index contributed by atoms with van der Waals surface area (Å²) in [5, 5.41) is 2.31. The van der Waals surface area contributed by atoms with E-state index in [-0.39, 0.29) is 11.5 Å². The number of esters is 1. The maximum absolute atomic E-state index is 12.3. The summed E-state index contributed by atoms with van der Waals surface area (Å²) in [6, 6.07) is 8.27. The Bertz CT molecular complexity index is 1010. The van der Waals surface area contributed by atoms with Gasteiger partial charge in [0, 0.05) is 5.02 Å². The summed E-state index contributed by atoms with van der Waals surface area (Å²) in [6.07, 6.45) is 1.39. The van der Waals surface area contributed by atoms with E-state index in [1.807, 2.05) is 17.5 Å². The van der Waals surface area contributed by atoms with Gasteiger partial charge in [-0.3, -0.25) is 4.79 Å². The molecule has 0 fully saturated rings. The molecule has 1 aromatic carbocycles. The molecule has 3 aromatic rings. The van der Waals surface area contributed by atoms with Crippen molar-refractivity contribution in [2.24, 2.45) is 0 Å². The Morgan fingerprint density at radius 2 is 2.07 bits per heavy atom. The minimum absolute atomic E-state index is 0.00337. The largest absolute Gasteiger partial charge is 0.458 e. The summed E-state index contributed by atoms with van der Waals surface area (Å²) < 4.78 is 37.3. The average molecular weight is 427 g/mol. The molecule has 2 aromatic heterocycles. The van der Waals surface area contributed by atoms with Crippen LogP contribution in [0.4, 0.5) is 0 Å². The van der Waals surface area contributed by atoms with Gasteiger partial charge in [-0.05, 0) is 42.6 Å². The lowest BCUT2D eigenvalue weighted by Gasteiger charge is -2.13. The molecule has 0 radical (unpaired) electrons. The van der Waals surface area contributed by atoms with Crippen LogP contribution < -0.4 is 4.72 Å². The molecule has 0 saturated heterocycles. The van der Waals surface area contributed by atoms with E-state index >= 15 is 0 Å². The molecular formula is C17H15ClN2O5S2. The van der Waals surface area contributed by atoms with E-state index in [1.54, 1.807) is 0 Å². The number of aromatic nitrogens is 1. The van der Waals surface area contributed by atoms with E-state index in [1.165, 1.54) is 48.8 Å². The molecule has 1 atom stereocenters. The van der Waals surface area contributed by atoms with Gasteiger partial charge in [0.15, 0.2) is 0 Å². The Balaban J connectivity index is 1.57. The predicted octanol–water partition coefficient (Wildman–Crippen LogP) is 3.47. The van der Waals surface area contributed by atoms with Crippen molar-refractivity contribution in [1.82, 2.24) is 9.71 Å². The lowest BCUT2D eigenvalue weighted by atomic mass is 10.4. The van der Waals surface area contributed by atoms with Crippen molar-refractivity contribution >= 4 is 38.9 Å². The molecule has 0 amide bonds. The standard InChI is InChI=1S/C17H15ClN2O5S2/c1-11(20-27(22,23)14-6-4-12(18)5-7-14)17(21)25-10-13-9-24-16(19-13)15-3-2-8-26-15/h2-9,11,20H,10H2,1H3/t11-/m0/s1. The highest BCUT2D eigenvalue weighted by Gasteiger charge is 2.23. The monoisotopic (exact) mass is 426 g/mol. The second-order valence-corrected chi connectivity index (χ2v) is 8.62. The number of hydrogen-bond acceptors (Lipinski definition) is 7. The molecular weight excluding hydrogens is 412 g/mol. The number of carbonyl (C=O) groups excluding carboxylic acids is 1. The quantitative estimate of drug-likeness (QED) is 0.581. The molecule has 0 bridgehead atoms. The van der Waals surface area contributed by atoms with Crippen LogP contribution in [-0.4, -0.2) is 25.4 Å². The van der Waals surface area contributed by atoms with Crippen LogP contribution in [0.25, 0.3) is 10.8 Å². The van der Waals surface area contributed by atoms with E-state index in [2.05, 4.69) is 9.71 Å². The summed E-state index contributed by atoms with van der Waals surface area (Å²) in [4.78, 5) is 17.2. The molecule has 0 aliphatic carbocycles. The van der Waals surface area contributed by atoms with Crippen LogP contribution >= 0.6 is 22.9 Å². The van der Waals surface area contributed by atoms with Gasteiger partial charge in [-0.1, -0.05) is 17.7 Å². The third-order valence-corrected chi connectivity index (χ3v) is 6.12. The van der Waals surface area contributed by atoms with E-state index in [0.29, 0.717) is 16.6 Å². The molecule has 0 aliphatic heterocycles. The number of ether oxygens (including phenoxy) is 1. The molecule has 3 rings (SSSR count). The lowest BCUT2D eigenvalue weighted by molar-refractivity contribution is -0.146. The molecule has 142 valence electrons. The van der Waals surface area contributed by atoms with Gasteiger partial charge in [-0.2, -0.15) is 4.72 Å². The fourth-order valence-corrected chi connectivity index (χ4v) is 4.09. The molecule has 0 unspecified atom stereocenters. The average Bonchev–Trinajstić information content (AvgIpc) is 3.31. The van der Waals surface area contributed by atoms with Gasteiger partial charge in [0.1, 0.15) is 24.6 Å². The fourth-order valence-electron chi connectivity index (χ4n) is 2.12. The number of sulfonamides is 1. The van der Waals surface area contributed by atoms with Crippen molar-refractivity contribution in [2.75, 3.05) is 0 Å².